The highest BCUT2D eigenvalue weighted by Crippen LogP contribution is 2.33. The van der Waals surface area contributed by atoms with E-state index in [4.69, 9.17) is 9.47 Å². The van der Waals surface area contributed by atoms with Gasteiger partial charge in [0.2, 0.25) is 0 Å². The largest absolute Gasteiger partial charge is 0.383 e. The summed E-state index contributed by atoms with van der Waals surface area (Å²) in [7, 11) is 3.12. The lowest BCUT2D eigenvalue weighted by Crippen LogP contribution is -2.40. The molecule has 28 heavy (non-hydrogen) atoms. The average Bonchev–Trinajstić information content (AvgIpc) is 2.92. The summed E-state index contributed by atoms with van der Waals surface area (Å²) in [6.07, 6.45) is 0. The number of nitro groups is 1. The third-order valence-corrected chi connectivity index (χ3v) is 4.42. The number of amides is 2. The van der Waals surface area contributed by atoms with E-state index < -0.39 is 10.8 Å². The fourth-order valence-electron chi connectivity index (χ4n) is 3.05. The molecule has 1 aliphatic rings. The van der Waals surface area contributed by atoms with Crippen LogP contribution in [0.2, 0.25) is 0 Å². The highest BCUT2D eigenvalue weighted by atomic mass is 16.6. The normalized spacial score (nSPS) is 14.4. The molecule has 0 fully saturated rings. The van der Waals surface area contributed by atoms with Crippen LogP contribution in [-0.2, 0) is 19.1 Å². The number of ether oxygens (including phenoxy) is 2. The summed E-state index contributed by atoms with van der Waals surface area (Å²) in [6.45, 7) is 5.06. The Bertz CT molecular complexity index is 764. The Labute approximate surface area is 163 Å². The van der Waals surface area contributed by atoms with E-state index in [0.29, 0.717) is 31.9 Å². The van der Waals surface area contributed by atoms with Crippen molar-refractivity contribution < 1.29 is 24.0 Å². The molecule has 0 radical (unpaired) electrons. The van der Waals surface area contributed by atoms with Crippen LogP contribution in [0.5, 0.6) is 0 Å². The van der Waals surface area contributed by atoms with Crippen molar-refractivity contribution in [3.8, 4) is 0 Å². The van der Waals surface area contributed by atoms with Crippen molar-refractivity contribution in [3.05, 3.63) is 45.6 Å². The van der Waals surface area contributed by atoms with Gasteiger partial charge in [-0.1, -0.05) is 0 Å². The maximum Gasteiger partial charge on any atom is 0.278 e. The molecule has 152 valence electrons. The Balaban J connectivity index is 2.57. The van der Waals surface area contributed by atoms with E-state index in [1.165, 1.54) is 29.2 Å². The van der Waals surface area contributed by atoms with Gasteiger partial charge in [-0.05, 0) is 31.5 Å². The number of rotatable bonds is 10. The Kier molecular flexibility index (Phi) is 7.24. The summed E-state index contributed by atoms with van der Waals surface area (Å²) >= 11 is 0. The number of hydrogen-bond acceptors (Lipinski definition) is 7. The third kappa shape index (κ3) is 4.37. The average molecular weight is 391 g/mol. The minimum Gasteiger partial charge on any atom is -0.383 e. The Morgan fingerprint density at radius 1 is 1.04 bits per heavy atom. The monoisotopic (exact) mass is 391 g/mol. The summed E-state index contributed by atoms with van der Waals surface area (Å²) in [5, 5.41) is 10.9. The van der Waals surface area contributed by atoms with Gasteiger partial charge in [0, 0.05) is 45.5 Å². The first-order chi connectivity index (χ1) is 13.3. The first-order valence-corrected chi connectivity index (χ1v) is 8.93. The van der Waals surface area contributed by atoms with Gasteiger partial charge in [0.15, 0.2) is 0 Å². The third-order valence-electron chi connectivity index (χ3n) is 4.42. The molecule has 0 unspecified atom stereocenters. The summed E-state index contributed by atoms with van der Waals surface area (Å²) in [6, 6.07) is 5.31. The van der Waals surface area contributed by atoms with Crippen LogP contribution < -0.4 is 0 Å². The van der Waals surface area contributed by atoms with Crippen LogP contribution in [0.4, 0.5) is 5.69 Å². The predicted molar refractivity (Wildman–Crippen MR) is 102 cm³/mol. The van der Waals surface area contributed by atoms with E-state index in [1.807, 2.05) is 0 Å². The van der Waals surface area contributed by atoms with E-state index in [1.54, 1.807) is 33.0 Å². The molecule has 0 spiro atoms. The van der Waals surface area contributed by atoms with Gasteiger partial charge in [-0.2, -0.15) is 0 Å². The van der Waals surface area contributed by atoms with Crippen molar-refractivity contribution in [2.45, 2.75) is 19.9 Å². The van der Waals surface area contributed by atoms with Gasteiger partial charge >= 0.3 is 0 Å². The molecular weight excluding hydrogens is 366 g/mol. The first kappa shape index (κ1) is 21.5. The van der Waals surface area contributed by atoms with Crippen LogP contribution >= 0.6 is 0 Å². The fourth-order valence-corrected chi connectivity index (χ4v) is 3.05. The van der Waals surface area contributed by atoms with Gasteiger partial charge in [0.1, 0.15) is 5.70 Å². The van der Waals surface area contributed by atoms with E-state index >= 15 is 0 Å². The molecule has 1 aromatic rings. The molecule has 9 nitrogen and oxygen atoms in total. The van der Waals surface area contributed by atoms with Crippen LogP contribution in [0, 0.1) is 10.1 Å². The van der Waals surface area contributed by atoms with Crippen LogP contribution in [0.3, 0.4) is 0 Å². The second kappa shape index (κ2) is 9.43. The maximum atomic E-state index is 13.1. The Morgan fingerprint density at radius 3 is 2.00 bits per heavy atom. The van der Waals surface area contributed by atoms with Gasteiger partial charge in [0.25, 0.3) is 17.5 Å². The quantitative estimate of drug-likeness (QED) is 0.340. The minimum absolute atomic E-state index is 0.0842. The molecule has 0 saturated carbocycles. The zero-order valence-electron chi connectivity index (χ0n) is 16.5. The molecule has 0 atom stereocenters. The smallest absolute Gasteiger partial charge is 0.278 e. The van der Waals surface area contributed by atoms with Crippen molar-refractivity contribution in [3.63, 3.8) is 0 Å². The Hall–Kier alpha value is -2.78. The molecule has 0 aromatic heterocycles. The number of methoxy groups -OCH3 is 2. The maximum absolute atomic E-state index is 13.1. The molecule has 0 N–H and O–H groups in total. The summed E-state index contributed by atoms with van der Waals surface area (Å²) in [5.74, 6) is -0.802. The zero-order chi connectivity index (χ0) is 20.8. The molecular formula is C19H25N3O6. The summed E-state index contributed by atoms with van der Waals surface area (Å²) in [5.41, 5.74) is 0.878. The van der Waals surface area contributed by atoms with Gasteiger partial charge in [-0.15, -0.1) is 0 Å². The van der Waals surface area contributed by atoms with Crippen LogP contribution in [0.15, 0.2) is 30.0 Å². The molecule has 0 saturated heterocycles. The van der Waals surface area contributed by atoms with Gasteiger partial charge in [-0.3, -0.25) is 24.6 Å². The van der Waals surface area contributed by atoms with Crippen molar-refractivity contribution in [1.82, 2.24) is 9.80 Å². The molecule has 2 rings (SSSR count). The lowest BCUT2D eigenvalue weighted by atomic mass is 10.0. The lowest BCUT2D eigenvalue weighted by Gasteiger charge is -2.26. The van der Waals surface area contributed by atoms with E-state index in [2.05, 4.69) is 0 Å². The van der Waals surface area contributed by atoms with Crippen molar-refractivity contribution in [1.29, 1.82) is 0 Å². The molecule has 1 aliphatic heterocycles. The van der Waals surface area contributed by atoms with E-state index in [9.17, 15) is 19.7 Å². The van der Waals surface area contributed by atoms with Crippen LogP contribution in [0.1, 0.15) is 19.4 Å². The summed E-state index contributed by atoms with van der Waals surface area (Å²) in [4.78, 5) is 39.6. The molecule has 1 aromatic carbocycles. The van der Waals surface area contributed by atoms with Crippen LogP contribution in [-0.4, -0.2) is 73.1 Å². The molecule has 0 bridgehead atoms. The highest BCUT2D eigenvalue weighted by Gasteiger charge is 2.42. The number of nitrogens with zero attached hydrogens (tertiary/aromatic N) is 3. The number of carbonyl (C=O) groups is 2. The number of nitro benzene ring substituents is 1. The number of benzene rings is 1. The topological polar surface area (TPSA) is 102 Å². The zero-order valence-corrected chi connectivity index (χ0v) is 16.5. The summed E-state index contributed by atoms with van der Waals surface area (Å²) < 4.78 is 10.3. The lowest BCUT2D eigenvalue weighted by molar-refractivity contribution is -0.384. The molecule has 0 aliphatic carbocycles. The van der Waals surface area contributed by atoms with Gasteiger partial charge in [-0.25, -0.2) is 0 Å². The van der Waals surface area contributed by atoms with E-state index in [-0.39, 0.29) is 28.9 Å². The second-order valence-electron chi connectivity index (χ2n) is 6.57. The second-order valence-corrected chi connectivity index (χ2v) is 6.57. The predicted octanol–water partition coefficient (Wildman–Crippen LogP) is 1.68. The minimum atomic E-state index is -0.509. The molecule has 9 heteroatoms. The fraction of sp³-hybridized carbons (Fsp3) is 0.474. The van der Waals surface area contributed by atoms with Crippen molar-refractivity contribution >= 4 is 23.1 Å². The number of non-ortho nitro benzene ring substituents is 1. The highest BCUT2D eigenvalue weighted by molar-refractivity contribution is 6.35. The van der Waals surface area contributed by atoms with Gasteiger partial charge in [0.05, 0.1) is 23.7 Å². The van der Waals surface area contributed by atoms with Gasteiger partial charge < -0.3 is 14.4 Å². The molecule has 1 heterocycles. The van der Waals surface area contributed by atoms with Crippen molar-refractivity contribution in [2.75, 3.05) is 40.5 Å². The number of imide groups is 1. The Morgan fingerprint density at radius 2 is 1.57 bits per heavy atom. The van der Waals surface area contributed by atoms with Crippen molar-refractivity contribution in [2.24, 2.45) is 0 Å². The van der Waals surface area contributed by atoms with E-state index in [0.717, 1.165) is 0 Å². The number of carbonyl (C=O) groups excluding carboxylic acids is 2. The standard InChI is InChI=1S/C19H25N3O6/c1-13(2)21-18(23)16(14-5-7-15(8-6-14)22(25)26)17(19(21)24)20(9-11-27-3)10-12-28-4/h5-8,13H,9-12H2,1-4H3. The SMILES string of the molecule is COCCN(CCOC)C1=C(c2ccc([N+](=O)[O-])cc2)C(=O)N(C(C)C)C1=O. The first-order valence-electron chi connectivity index (χ1n) is 8.93. The molecule has 2 amide bonds. The van der Waals surface area contributed by atoms with Crippen LogP contribution in [0.25, 0.3) is 5.57 Å². The number of hydrogen-bond donors (Lipinski definition) is 0.